The van der Waals surface area contributed by atoms with Gasteiger partial charge in [0.1, 0.15) is 6.10 Å². The Kier molecular flexibility index (Phi) is 13.2. The van der Waals surface area contributed by atoms with Crippen molar-refractivity contribution in [2.24, 2.45) is 0 Å². The predicted molar refractivity (Wildman–Crippen MR) is 130 cm³/mol. The van der Waals surface area contributed by atoms with E-state index in [4.69, 9.17) is 37.0 Å². The third kappa shape index (κ3) is 11.1. The van der Waals surface area contributed by atoms with Gasteiger partial charge in [-0.2, -0.15) is 0 Å². The van der Waals surface area contributed by atoms with Gasteiger partial charge in [-0.15, -0.1) is 0 Å². The van der Waals surface area contributed by atoms with Crippen LogP contribution in [0.2, 0.25) is 6.04 Å². The lowest BCUT2D eigenvalue weighted by Gasteiger charge is -2.34. The highest BCUT2D eigenvalue weighted by Crippen LogP contribution is 2.30. The van der Waals surface area contributed by atoms with Crippen LogP contribution in [0.1, 0.15) is 40.0 Å². The van der Waals surface area contributed by atoms with Gasteiger partial charge in [0.05, 0.1) is 19.6 Å². The third-order valence-electron chi connectivity index (χ3n) is 4.86. The van der Waals surface area contributed by atoms with Crippen molar-refractivity contribution < 1.29 is 51.3 Å². The van der Waals surface area contributed by atoms with E-state index in [0.717, 1.165) is 13.0 Å². The summed E-state index contributed by atoms with van der Waals surface area (Å²) in [6.07, 6.45) is 1.28. The van der Waals surface area contributed by atoms with Crippen molar-refractivity contribution in [2.75, 3.05) is 40.6 Å². The summed E-state index contributed by atoms with van der Waals surface area (Å²) in [6.45, 7) is 16.9. The van der Waals surface area contributed by atoms with Crippen LogP contribution in [0.15, 0.2) is 36.5 Å². The molecule has 0 N–H and O–H groups in total. The van der Waals surface area contributed by atoms with Crippen LogP contribution < -0.4 is 0 Å². The van der Waals surface area contributed by atoms with E-state index in [-0.39, 0.29) is 35.3 Å². The van der Waals surface area contributed by atoms with E-state index in [1.54, 1.807) is 0 Å². The van der Waals surface area contributed by atoms with E-state index >= 15 is 0 Å². The lowest BCUT2D eigenvalue weighted by atomic mass is 10.3. The van der Waals surface area contributed by atoms with Gasteiger partial charge in [0, 0.05) is 50.2 Å². The van der Waals surface area contributed by atoms with Crippen LogP contribution in [-0.2, 0) is 51.3 Å². The molecular formula is C24H38O11Si. The number of carbonyl (C=O) groups excluding carboxylic acids is 3. The van der Waals surface area contributed by atoms with Crippen LogP contribution >= 0.6 is 0 Å². The second-order valence-corrected chi connectivity index (χ2v) is 11.3. The van der Waals surface area contributed by atoms with E-state index in [2.05, 4.69) is 19.7 Å². The summed E-state index contributed by atoms with van der Waals surface area (Å²) in [6, 6.07) is -0.0358. The van der Waals surface area contributed by atoms with Gasteiger partial charge in [-0.1, -0.05) is 19.7 Å². The van der Waals surface area contributed by atoms with E-state index in [1.165, 1.54) is 35.0 Å². The predicted octanol–water partition coefficient (Wildman–Crippen LogP) is 2.83. The number of esters is 3. The van der Waals surface area contributed by atoms with Crippen molar-refractivity contribution in [1.82, 2.24) is 0 Å². The monoisotopic (exact) mass is 530 g/mol. The lowest BCUT2D eigenvalue weighted by molar-refractivity contribution is -0.327. The van der Waals surface area contributed by atoms with Gasteiger partial charge in [0.15, 0.2) is 0 Å². The van der Waals surface area contributed by atoms with Crippen molar-refractivity contribution in [2.45, 2.75) is 58.2 Å². The Hall–Kier alpha value is -2.35. The summed E-state index contributed by atoms with van der Waals surface area (Å²) in [5, 5.41) is 0. The Balaban J connectivity index is 2.98. The SMILES string of the molecule is C=C(C)C(=O)OC(CC[Si](OC)(OC)OCCCCOCC1CO1)(OC(=O)C(=C)C)OC(=O)C(=C)C. The molecule has 0 bridgehead atoms. The van der Waals surface area contributed by atoms with Gasteiger partial charge < -0.3 is 37.0 Å². The number of hydrogen-bond acceptors (Lipinski definition) is 11. The Labute approximate surface area is 213 Å². The zero-order chi connectivity index (χ0) is 27.4. The van der Waals surface area contributed by atoms with Crippen LogP contribution in [0, 0.1) is 0 Å². The first-order chi connectivity index (χ1) is 16.9. The molecule has 12 heteroatoms. The van der Waals surface area contributed by atoms with Gasteiger partial charge in [-0.3, -0.25) is 0 Å². The Morgan fingerprint density at radius 1 is 0.861 bits per heavy atom. The molecule has 1 fully saturated rings. The number of hydrogen-bond donors (Lipinski definition) is 0. The molecule has 0 aromatic heterocycles. The molecule has 1 saturated heterocycles. The van der Waals surface area contributed by atoms with Gasteiger partial charge in [-0.25, -0.2) is 14.4 Å². The number of epoxide rings is 1. The first kappa shape index (κ1) is 31.7. The smallest absolute Gasteiger partial charge is 0.385 e. The molecule has 0 amide bonds. The lowest BCUT2D eigenvalue weighted by Crippen LogP contribution is -2.50. The molecule has 0 aliphatic carbocycles. The number of carbonyl (C=O) groups is 3. The molecular weight excluding hydrogens is 492 g/mol. The maximum Gasteiger partial charge on any atom is 0.500 e. The first-order valence-electron chi connectivity index (χ1n) is 11.5. The second kappa shape index (κ2) is 15.0. The average molecular weight is 531 g/mol. The molecule has 1 heterocycles. The van der Waals surface area contributed by atoms with Gasteiger partial charge >= 0.3 is 32.7 Å². The van der Waals surface area contributed by atoms with Crippen molar-refractivity contribution in [3.63, 3.8) is 0 Å². The van der Waals surface area contributed by atoms with Gasteiger partial charge in [0.25, 0.3) is 0 Å². The Bertz CT molecular complexity index is 746. The topological polar surface area (TPSA) is 128 Å². The molecule has 11 nitrogen and oxygen atoms in total. The molecule has 0 saturated carbocycles. The molecule has 36 heavy (non-hydrogen) atoms. The number of ether oxygens (including phenoxy) is 5. The van der Waals surface area contributed by atoms with E-state index in [0.29, 0.717) is 26.2 Å². The average Bonchev–Trinajstić information content (AvgIpc) is 3.64. The summed E-state index contributed by atoms with van der Waals surface area (Å²) in [5.74, 6) is -5.30. The quantitative estimate of drug-likeness (QED) is 0.0610. The van der Waals surface area contributed by atoms with Gasteiger partial charge in [-0.05, 0) is 33.6 Å². The Morgan fingerprint density at radius 3 is 1.69 bits per heavy atom. The molecule has 204 valence electrons. The highest BCUT2D eigenvalue weighted by molar-refractivity contribution is 6.60. The number of rotatable bonds is 19. The van der Waals surface area contributed by atoms with Crippen LogP contribution in [0.25, 0.3) is 0 Å². The molecule has 1 unspecified atom stereocenters. The maximum absolute atomic E-state index is 12.4. The summed E-state index contributed by atoms with van der Waals surface area (Å²) < 4.78 is 43.7. The second-order valence-electron chi connectivity index (χ2n) is 8.37. The zero-order valence-electron chi connectivity index (χ0n) is 21.8. The third-order valence-corrected chi connectivity index (χ3v) is 7.61. The highest BCUT2D eigenvalue weighted by Gasteiger charge is 2.49. The van der Waals surface area contributed by atoms with Crippen LogP contribution in [0.3, 0.4) is 0 Å². The van der Waals surface area contributed by atoms with Crippen LogP contribution in [0.5, 0.6) is 0 Å². The van der Waals surface area contributed by atoms with Crippen molar-refractivity contribution in [3.8, 4) is 0 Å². The van der Waals surface area contributed by atoms with Crippen molar-refractivity contribution >= 4 is 26.7 Å². The maximum atomic E-state index is 12.4. The molecule has 0 aromatic carbocycles. The minimum atomic E-state index is -3.37. The normalized spacial score (nSPS) is 15.1. The van der Waals surface area contributed by atoms with Crippen molar-refractivity contribution in [1.29, 1.82) is 0 Å². The summed E-state index contributed by atoms with van der Waals surface area (Å²) in [7, 11) is -0.541. The minimum absolute atomic E-state index is 0.00849. The van der Waals surface area contributed by atoms with Crippen LogP contribution in [0.4, 0.5) is 0 Å². The molecule has 1 aliphatic rings. The highest BCUT2D eigenvalue weighted by atomic mass is 28.4. The standard InChI is InChI=1S/C24H38O11Si/c1-17(2)21(25)33-24(34-22(26)18(3)4,35-23(27)19(5)6)11-14-36(28-7,29-8)32-13-10-9-12-30-15-20-16-31-20/h20H,1,3,5,9-16H2,2,4,6-8H3. The Morgan fingerprint density at radius 2 is 1.31 bits per heavy atom. The van der Waals surface area contributed by atoms with E-state index in [1.807, 2.05) is 0 Å². The molecule has 1 aliphatic heterocycles. The molecule has 1 atom stereocenters. The van der Waals surface area contributed by atoms with E-state index in [9.17, 15) is 14.4 Å². The van der Waals surface area contributed by atoms with Crippen molar-refractivity contribution in [3.05, 3.63) is 36.5 Å². The fraction of sp³-hybridized carbons (Fsp3) is 0.625. The minimum Gasteiger partial charge on any atom is -0.385 e. The molecule has 1 rings (SSSR count). The van der Waals surface area contributed by atoms with Gasteiger partial charge in [0.2, 0.25) is 0 Å². The number of unbranched alkanes of at least 4 members (excludes halogenated alkanes) is 1. The molecule has 0 radical (unpaired) electrons. The fourth-order valence-electron chi connectivity index (χ4n) is 2.60. The molecule has 0 spiro atoms. The van der Waals surface area contributed by atoms with Crippen LogP contribution in [-0.4, -0.2) is 79.4 Å². The van der Waals surface area contributed by atoms with E-state index < -0.39 is 32.7 Å². The summed E-state index contributed by atoms with van der Waals surface area (Å²) in [4.78, 5) is 37.2. The first-order valence-corrected chi connectivity index (χ1v) is 13.4. The largest absolute Gasteiger partial charge is 0.500 e. The summed E-state index contributed by atoms with van der Waals surface area (Å²) in [5.41, 5.74) is -0.0255. The zero-order valence-corrected chi connectivity index (χ0v) is 22.8. The summed E-state index contributed by atoms with van der Waals surface area (Å²) >= 11 is 0. The fourth-order valence-corrected chi connectivity index (χ4v) is 4.62. The molecule has 0 aromatic rings.